The molecular weight excluding hydrogens is 310 g/mol. The summed E-state index contributed by atoms with van der Waals surface area (Å²) in [7, 11) is 1.38. The molecule has 1 unspecified atom stereocenters. The van der Waals surface area contributed by atoms with Gasteiger partial charge in [-0.3, -0.25) is 10.0 Å². The molecular formula is C18H19NO3S. The van der Waals surface area contributed by atoms with Crippen LogP contribution in [0.25, 0.3) is 0 Å². The van der Waals surface area contributed by atoms with E-state index in [2.05, 4.69) is 0 Å². The zero-order valence-corrected chi connectivity index (χ0v) is 13.8. The van der Waals surface area contributed by atoms with Crippen molar-refractivity contribution in [3.63, 3.8) is 0 Å². The van der Waals surface area contributed by atoms with Crippen LogP contribution < -0.4 is 4.74 Å². The van der Waals surface area contributed by atoms with Crippen molar-refractivity contribution in [2.75, 3.05) is 12.8 Å². The van der Waals surface area contributed by atoms with Gasteiger partial charge in [-0.05, 0) is 35.7 Å². The molecule has 0 fully saturated rings. The Morgan fingerprint density at radius 2 is 2.09 bits per heavy atom. The van der Waals surface area contributed by atoms with E-state index in [9.17, 15) is 10.0 Å². The first kappa shape index (κ1) is 15.9. The fourth-order valence-corrected chi connectivity index (χ4v) is 3.76. The molecule has 5 heteroatoms. The van der Waals surface area contributed by atoms with Gasteiger partial charge in [-0.15, -0.1) is 11.8 Å². The first-order chi connectivity index (χ1) is 11.1. The van der Waals surface area contributed by atoms with E-state index < -0.39 is 0 Å². The SMILES string of the molecule is CN(O)C(=O)C1CSc2ccc(OCc3ccccc3)cc2C1. The summed E-state index contributed by atoms with van der Waals surface area (Å²) in [6.45, 7) is 0.522. The minimum absolute atomic E-state index is 0.188. The standard InChI is InChI=1S/C18H19NO3S/c1-19(21)18(20)15-9-14-10-16(7-8-17(14)23-12-15)22-11-13-5-3-2-4-6-13/h2-8,10,15,21H,9,11-12H2,1H3. The molecule has 0 saturated heterocycles. The Morgan fingerprint density at radius 3 is 2.83 bits per heavy atom. The summed E-state index contributed by atoms with van der Waals surface area (Å²) in [5, 5.41) is 10.0. The van der Waals surface area contributed by atoms with Crippen LogP contribution in [0, 0.1) is 5.92 Å². The van der Waals surface area contributed by atoms with Gasteiger partial charge in [0.1, 0.15) is 12.4 Å². The molecule has 0 saturated carbocycles. The minimum Gasteiger partial charge on any atom is -0.489 e. The molecule has 4 nitrogen and oxygen atoms in total. The minimum atomic E-state index is -0.237. The van der Waals surface area contributed by atoms with Gasteiger partial charge in [0.15, 0.2) is 0 Å². The van der Waals surface area contributed by atoms with Crippen molar-refractivity contribution in [2.24, 2.45) is 5.92 Å². The van der Waals surface area contributed by atoms with Gasteiger partial charge in [0.05, 0.1) is 5.92 Å². The van der Waals surface area contributed by atoms with Gasteiger partial charge in [0, 0.05) is 17.7 Å². The second-order valence-electron chi connectivity index (χ2n) is 5.62. The molecule has 120 valence electrons. The summed E-state index contributed by atoms with van der Waals surface area (Å²) >= 11 is 1.65. The zero-order valence-electron chi connectivity index (χ0n) is 12.9. The fraction of sp³-hybridized carbons (Fsp3) is 0.278. The average molecular weight is 329 g/mol. The summed E-state index contributed by atoms with van der Waals surface area (Å²) in [6, 6.07) is 16.0. The van der Waals surface area contributed by atoms with Crippen LogP contribution in [0.2, 0.25) is 0 Å². The van der Waals surface area contributed by atoms with Crippen molar-refractivity contribution in [1.29, 1.82) is 0 Å². The van der Waals surface area contributed by atoms with Crippen molar-refractivity contribution in [1.82, 2.24) is 5.06 Å². The molecule has 1 amide bonds. The van der Waals surface area contributed by atoms with Crippen LogP contribution in [-0.2, 0) is 17.8 Å². The number of hydrogen-bond donors (Lipinski definition) is 1. The third kappa shape index (κ3) is 3.86. The predicted molar refractivity (Wildman–Crippen MR) is 89.7 cm³/mol. The van der Waals surface area contributed by atoms with Crippen LogP contribution in [0.15, 0.2) is 53.4 Å². The van der Waals surface area contributed by atoms with E-state index in [0.29, 0.717) is 23.8 Å². The highest BCUT2D eigenvalue weighted by Crippen LogP contribution is 2.35. The number of ether oxygens (including phenoxy) is 1. The van der Waals surface area contributed by atoms with Crippen molar-refractivity contribution >= 4 is 17.7 Å². The maximum Gasteiger partial charge on any atom is 0.249 e. The highest BCUT2D eigenvalue weighted by atomic mass is 32.2. The van der Waals surface area contributed by atoms with Gasteiger partial charge in [-0.2, -0.15) is 0 Å². The number of nitrogens with zero attached hydrogens (tertiary/aromatic N) is 1. The third-order valence-corrected chi connectivity index (χ3v) is 5.13. The first-order valence-electron chi connectivity index (χ1n) is 7.52. The number of carbonyl (C=O) groups excluding carboxylic acids is 1. The molecule has 0 aliphatic carbocycles. The monoisotopic (exact) mass is 329 g/mol. The van der Waals surface area contributed by atoms with Crippen LogP contribution in [-0.4, -0.2) is 29.0 Å². The lowest BCUT2D eigenvalue weighted by Crippen LogP contribution is -2.34. The Morgan fingerprint density at radius 1 is 1.30 bits per heavy atom. The van der Waals surface area contributed by atoms with E-state index in [4.69, 9.17) is 4.74 Å². The van der Waals surface area contributed by atoms with Crippen molar-refractivity contribution in [3.05, 3.63) is 59.7 Å². The molecule has 2 aromatic rings. The van der Waals surface area contributed by atoms with Gasteiger partial charge in [-0.25, -0.2) is 5.06 Å². The van der Waals surface area contributed by atoms with Gasteiger partial charge >= 0.3 is 0 Å². The smallest absolute Gasteiger partial charge is 0.249 e. The van der Waals surface area contributed by atoms with E-state index in [1.54, 1.807) is 11.8 Å². The van der Waals surface area contributed by atoms with Crippen molar-refractivity contribution < 1.29 is 14.7 Å². The van der Waals surface area contributed by atoms with Crippen LogP contribution in [0.3, 0.4) is 0 Å². The van der Waals surface area contributed by atoms with Crippen LogP contribution in [0.1, 0.15) is 11.1 Å². The van der Waals surface area contributed by atoms with E-state index >= 15 is 0 Å². The van der Waals surface area contributed by atoms with Crippen molar-refractivity contribution in [2.45, 2.75) is 17.9 Å². The second-order valence-corrected chi connectivity index (χ2v) is 6.68. The maximum absolute atomic E-state index is 11.9. The fourth-order valence-electron chi connectivity index (χ4n) is 2.62. The maximum atomic E-state index is 11.9. The highest BCUT2D eigenvalue weighted by Gasteiger charge is 2.27. The molecule has 1 heterocycles. The molecule has 1 aliphatic rings. The molecule has 1 aliphatic heterocycles. The van der Waals surface area contributed by atoms with Gasteiger partial charge in [0.2, 0.25) is 5.91 Å². The van der Waals surface area contributed by atoms with E-state index in [0.717, 1.165) is 16.9 Å². The lowest BCUT2D eigenvalue weighted by Gasteiger charge is -2.25. The quantitative estimate of drug-likeness (QED) is 0.690. The Bertz CT molecular complexity index is 688. The van der Waals surface area contributed by atoms with Gasteiger partial charge in [-0.1, -0.05) is 30.3 Å². The summed E-state index contributed by atoms with van der Waals surface area (Å²) in [6.07, 6.45) is 0.634. The number of hydrogen-bond acceptors (Lipinski definition) is 4. The summed E-state index contributed by atoms with van der Waals surface area (Å²) in [5.74, 6) is 1.07. The normalized spacial score (nSPS) is 16.5. The molecule has 0 radical (unpaired) electrons. The predicted octanol–water partition coefficient (Wildman–Crippen LogP) is 3.38. The zero-order chi connectivity index (χ0) is 16.2. The Labute approximate surface area is 140 Å². The Kier molecular flexibility index (Phi) is 4.88. The molecule has 0 spiro atoms. The number of thioether (sulfide) groups is 1. The lowest BCUT2D eigenvalue weighted by atomic mass is 9.99. The first-order valence-corrected chi connectivity index (χ1v) is 8.51. The van der Waals surface area contributed by atoms with E-state index in [-0.39, 0.29) is 11.8 Å². The highest BCUT2D eigenvalue weighted by molar-refractivity contribution is 7.99. The van der Waals surface area contributed by atoms with Crippen LogP contribution in [0.5, 0.6) is 5.75 Å². The summed E-state index contributed by atoms with van der Waals surface area (Å²) < 4.78 is 5.85. The molecule has 3 rings (SSSR count). The van der Waals surface area contributed by atoms with E-state index in [1.165, 1.54) is 11.9 Å². The Balaban J connectivity index is 1.69. The number of amides is 1. The van der Waals surface area contributed by atoms with Crippen LogP contribution >= 0.6 is 11.8 Å². The molecule has 1 atom stereocenters. The Hall–Kier alpha value is -1.98. The number of fused-ring (bicyclic) bond motifs is 1. The number of carbonyl (C=O) groups is 1. The second kappa shape index (κ2) is 7.06. The third-order valence-electron chi connectivity index (χ3n) is 3.85. The summed E-state index contributed by atoms with van der Waals surface area (Å²) in [5.41, 5.74) is 2.22. The van der Waals surface area contributed by atoms with E-state index in [1.807, 2.05) is 48.5 Å². The average Bonchev–Trinajstić information content (AvgIpc) is 2.59. The molecule has 2 aromatic carbocycles. The van der Waals surface area contributed by atoms with Gasteiger partial charge in [0.25, 0.3) is 0 Å². The molecule has 23 heavy (non-hydrogen) atoms. The lowest BCUT2D eigenvalue weighted by molar-refractivity contribution is -0.163. The van der Waals surface area contributed by atoms with Gasteiger partial charge < -0.3 is 4.74 Å². The molecule has 0 bridgehead atoms. The molecule has 1 N–H and O–H groups in total. The largest absolute Gasteiger partial charge is 0.489 e. The number of hydroxylamine groups is 2. The molecule has 0 aromatic heterocycles. The van der Waals surface area contributed by atoms with Crippen molar-refractivity contribution in [3.8, 4) is 5.75 Å². The summed E-state index contributed by atoms with van der Waals surface area (Å²) in [4.78, 5) is 13.1. The number of rotatable bonds is 4. The topological polar surface area (TPSA) is 49.8 Å². The van der Waals surface area contributed by atoms with Crippen LogP contribution in [0.4, 0.5) is 0 Å². The number of benzene rings is 2.